The van der Waals surface area contributed by atoms with Crippen molar-refractivity contribution >= 4 is 21.7 Å². The zero-order valence-electron chi connectivity index (χ0n) is 14.9. The summed E-state index contributed by atoms with van der Waals surface area (Å²) >= 11 is 0. The molecule has 3 rings (SSSR count). The first-order chi connectivity index (χ1) is 12.3. The van der Waals surface area contributed by atoms with E-state index in [1.807, 2.05) is 0 Å². The van der Waals surface area contributed by atoms with E-state index in [2.05, 4.69) is 10.2 Å². The van der Waals surface area contributed by atoms with Crippen LogP contribution in [0.5, 0.6) is 0 Å². The van der Waals surface area contributed by atoms with Gasteiger partial charge in [0, 0.05) is 51.0 Å². The van der Waals surface area contributed by atoms with Gasteiger partial charge < -0.3 is 15.1 Å². The van der Waals surface area contributed by atoms with E-state index in [1.54, 1.807) is 17.0 Å². The van der Waals surface area contributed by atoms with E-state index < -0.39 is 10.0 Å². The van der Waals surface area contributed by atoms with Crippen molar-refractivity contribution in [3.8, 4) is 0 Å². The van der Waals surface area contributed by atoms with Gasteiger partial charge in [-0.1, -0.05) is 0 Å². The van der Waals surface area contributed by atoms with Gasteiger partial charge in [0.1, 0.15) is 5.82 Å². The van der Waals surface area contributed by atoms with Crippen molar-refractivity contribution in [2.45, 2.75) is 18.9 Å². The molecule has 1 N–H and O–H groups in total. The first-order valence-electron chi connectivity index (χ1n) is 8.84. The lowest BCUT2D eigenvalue weighted by atomic mass is 10.1. The van der Waals surface area contributed by atoms with Crippen molar-refractivity contribution in [2.24, 2.45) is 0 Å². The summed E-state index contributed by atoms with van der Waals surface area (Å²) in [4.78, 5) is 16.4. The molecule has 1 aromatic carbocycles. The molecule has 0 aromatic heterocycles. The number of piperazine rings is 1. The van der Waals surface area contributed by atoms with Gasteiger partial charge in [0.15, 0.2) is 0 Å². The number of hydrogen-bond donors (Lipinski definition) is 1. The number of amides is 2. The van der Waals surface area contributed by atoms with Crippen LogP contribution in [0.2, 0.25) is 0 Å². The minimum atomic E-state index is -3.23. The Morgan fingerprint density at radius 1 is 1.12 bits per heavy atom. The molecule has 9 heteroatoms. The molecule has 2 heterocycles. The summed E-state index contributed by atoms with van der Waals surface area (Å²) < 4.78 is 37.8. The number of piperidine rings is 1. The lowest BCUT2D eigenvalue weighted by Gasteiger charge is -2.38. The number of carbonyl (C=O) groups is 1. The Hall–Kier alpha value is -1.87. The van der Waals surface area contributed by atoms with Crippen LogP contribution < -0.4 is 10.2 Å². The third-order valence-electron chi connectivity index (χ3n) is 4.94. The van der Waals surface area contributed by atoms with Gasteiger partial charge in [0.05, 0.1) is 6.26 Å². The van der Waals surface area contributed by atoms with E-state index in [-0.39, 0.29) is 17.9 Å². The fourth-order valence-electron chi connectivity index (χ4n) is 3.45. The average Bonchev–Trinajstić information content (AvgIpc) is 2.62. The van der Waals surface area contributed by atoms with E-state index in [9.17, 15) is 17.6 Å². The molecule has 26 heavy (non-hydrogen) atoms. The summed E-state index contributed by atoms with van der Waals surface area (Å²) in [7, 11) is -3.23. The van der Waals surface area contributed by atoms with Crippen molar-refractivity contribution in [3.05, 3.63) is 30.1 Å². The molecule has 144 valence electrons. The van der Waals surface area contributed by atoms with Gasteiger partial charge in [-0.25, -0.2) is 21.9 Å². The fourth-order valence-corrected chi connectivity index (χ4v) is 4.36. The summed E-state index contributed by atoms with van der Waals surface area (Å²) in [5.74, 6) is -0.262. The molecule has 1 unspecified atom stereocenters. The molecule has 0 aliphatic carbocycles. The molecule has 0 spiro atoms. The zero-order valence-corrected chi connectivity index (χ0v) is 15.7. The van der Waals surface area contributed by atoms with Crippen molar-refractivity contribution in [3.63, 3.8) is 0 Å². The number of rotatable bonds is 3. The van der Waals surface area contributed by atoms with E-state index in [1.165, 1.54) is 22.7 Å². The number of benzene rings is 1. The number of hydrogen-bond acceptors (Lipinski definition) is 4. The van der Waals surface area contributed by atoms with Gasteiger partial charge in [-0.05, 0) is 37.1 Å². The van der Waals surface area contributed by atoms with Gasteiger partial charge in [-0.2, -0.15) is 0 Å². The topological polar surface area (TPSA) is 73.0 Å². The van der Waals surface area contributed by atoms with Gasteiger partial charge in [0.2, 0.25) is 10.0 Å². The lowest BCUT2D eigenvalue weighted by Crippen LogP contribution is -2.56. The van der Waals surface area contributed by atoms with Gasteiger partial charge in [-0.15, -0.1) is 0 Å². The summed E-state index contributed by atoms with van der Waals surface area (Å²) in [6, 6.07) is 6.06. The van der Waals surface area contributed by atoms with Crippen LogP contribution in [0.25, 0.3) is 0 Å². The highest BCUT2D eigenvalue weighted by molar-refractivity contribution is 7.88. The molecule has 1 atom stereocenters. The highest BCUT2D eigenvalue weighted by Gasteiger charge is 2.29. The van der Waals surface area contributed by atoms with Gasteiger partial charge >= 0.3 is 6.03 Å². The predicted octanol–water partition coefficient (Wildman–Crippen LogP) is 1.08. The molecule has 2 saturated heterocycles. The Morgan fingerprint density at radius 3 is 2.38 bits per heavy atom. The molecule has 0 bridgehead atoms. The minimum Gasteiger partial charge on any atom is -0.368 e. The Labute approximate surface area is 153 Å². The van der Waals surface area contributed by atoms with E-state index in [4.69, 9.17) is 0 Å². The van der Waals surface area contributed by atoms with Crippen LogP contribution in [-0.4, -0.2) is 75.2 Å². The molecule has 7 nitrogen and oxygen atoms in total. The van der Waals surface area contributed by atoms with Crippen LogP contribution in [0.1, 0.15) is 12.8 Å². The van der Waals surface area contributed by atoms with E-state index in [0.29, 0.717) is 39.3 Å². The normalized spacial score (nSPS) is 22.3. The van der Waals surface area contributed by atoms with Crippen molar-refractivity contribution in [1.29, 1.82) is 0 Å². The van der Waals surface area contributed by atoms with Gasteiger partial charge in [-0.3, -0.25) is 0 Å². The van der Waals surface area contributed by atoms with Crippen molar-refractivity contribution in [2.75, 3.05) is 50.4 Å². The van der Waals surface area contributed by atoms with Gasteiger partial charge in [0.25, 0.3) is 0 Å². The quantitative estimate of drug-likeness (QED) is 0.847. The Bertz CT molecular complexity index is 733. The maximum Gasteiger partial charge on any atom is 0.317 e. The third-order valence-corrected chi connectivity index (χ3v) is 6.21. The van der Waals surface area contributed by atoms with Crippen molar-refractivity contribution in [1.82, 2.24) is 14.5 Å². The van der Waals surface area contributed by atoms with Crippen molar-refractivity contribution < 1.29 is 17.6 Å². The molecule has 0 saturated carbocycles. The number of anilines is 1. The molecule has 2 aliphatic heterocycles. The molecular formula is C17H25FN4O3S. The summed E-state index contributed by atoms with van der Waals surface area (Å²) in [5.41, 5.74) is 0.947. The molecule has 0 radical (unpaired) electrons. The smallest absolute Gasteiger partial charge is 0.317 e. The van der Waals surface area contributed by atoms with Crippen LogP contribution in [0.4, 0.5) is 14.9 Å². The second kappa shape index (κ2) is 7.79. The van der Waals surface area contributed by atoms with Crippen LogP contribution >= 0.6 is 0 Å². The number of urea groups is 1. The average molecular weight is 384 g/mol. The Morgan fingerprint density at radius 2 is 1.77 bits per heavy atom. The number of nitrogens with zero attached hydrogens (tertiary/aromatic N) is 3. The summed E-state index contributed by atoms with van der Waals surface area (Å²) in [5, 5.41) is 2.97. The molecule has 2 amide bonds. The molecule has 2 aliphatic rings. The minimum absolute atomic E-state index is 0.149. The first kappa shape index (κ1) is 18.9. The lowest BCUT2D eigenvalue weighted by molar-refractivity contribution is 0.183. The van der Waals surface area contributed by atoms with E-state index in [0.717, 1.165) is 18.5 Å². The first-order valence-corrected chi connectivity index (χ1v) is 10.7. The SMILES string of the molecule is CS(=O)(=O)N1CCCC(NC(=O)N2CCN(c3ccc(F)cc3)CC2)C1. The summed E-state index contributed by atoms with van der Waals surface area (Å²) in [6.45, 7) is 3.36. The fraction of sp³-hybridized carbons (Fsp3) is 0.588. The molecule has 1 aromatic rings. The van der Waals surface area contributed by atoms with Crippen LogP contribution in [0.15, 0.2) is 24.3 Å². The Kier molecular flexibility index (Phi) is 5.67. The standard InChI is InChI=1S/C17H25FN4O3S/c1-26(24,25)22-8-2-3-15(13-22)19-17(23)21-11-9-20(10-12-21)16-6-4-14(18)5-7-16/h4-7,15H,2-3,8-13H2,1H3,(H,19,23). The number of sulfonamides is 1. The van der Waals surface area contributed by atoms with Crippen LogP contribution in [0.3, 0.4) is 0 Å². The maximum absolute atomic E-state index is 13.0. The summed E-state index contributed by atoms with van der Waals surface area (Å²) in [6.07, 6.45) is 2.73. The maximum atomic E-state index is 13.0. The number of nitrogens with one attached hydrogen (secondary N) is 1. The molecule has 2 fully saturated rings. The van der Waals surface area contributed by atoms with E-state index >= 15 is 0 Å². The second-order valence-electron chi connectivity index (χ2n) is 6.86. The highest BCUT2D eigenvalue weighted by Crippen LogP contribution is 2.18. The monoisotopic (exact) mass is 384 g/mol. The molecular weight excluding hydrogens is 359 g/mol. The largest absolute Gasteiger partial charge is 0.368 e. The van der Waals surface area contributed by atoms with Crippen LogP contribution in [0, 0.1) is 5.82 Å². The second-order valence-corrected chi connectivity index (χ2v) is 8.84. The van der Waals surface area contributed by atoms with Crippen LogP contribution in [-0.2, 0) is 10.0 Å². The number of carbonyl (C=O) groups excluding carboxylic acids is 1. The predicted molar refractivity (Wildman–Crippen MR) is 98.2 cm³/mol. The zero-order chi connectivity index (χ0) is 18.7. The highest BCUT2D eigenvalue weighted by atomic mass is 32.2. The third kappa shape index (κ3) is 4.64. The number of halogens is 1. The Balaban J connectivity index is 1.50.